The fraction of sp³-hybridized carbons (Fsp3) is 0.0833. The van der Waals surface area contributed by atoms with Crippen molar-refractivity contribution in [3.8, 4) is 16.9 Å². The highest BCUT2D eigenvalue weighted by molar-refractivity contribution is 6.32. The van der Waals surface area contributed by atoms with Crippen molar-refractivity contribution in [3.05, 3.63) is 101 Å². The second kappa shape index (κ2) is 9.09. The lowest BCUT2D eigenvalue weighted by Crippen LogP contribution is -2.13. The maximum atomic E-state index is 13.4. The molecule has 0 bridgehead atoms. The summed E-state index contributed by atoms with van der Waals surface area (Å²) >= 11 is 6.20. The van der Waals surface area contributed by atoms with Gasteiger partial charge in [-0.3, -0.25) is 4.79 Å². The number of nitrogens with one attached hydrogen (secondary N) is 1. The Kier molecular flexibility index (Phi) is 6.22. The van der Waals surface area contributed by atoms with Crippen molar-refractivity contribution in [2.24, 2.45) is 0 Å². The predicted molar refractivity (Wildman–Crippen MR) is 119 cm³/mol. The van der Waals surface area contributed by atoms with Crippen LogP contribution in [0.4, 0.5) is 18.9 Å². The third kappa shape index (κ3) is 4.76. The molecule has 0 atom stereocenters. The molecule has 1 heterocycles. The third-order valence-corrected chi connectivity index (χ3v) is 5.28. The Labute approximate surface area is 192 Å². The number of carbonyl (C=O) groups excluding carboxylic acids is 1. The molecule has 0 spiro atoms. The number of benzene rings is 3. The lowest BCUT2D eigenvalue weighted by Gasteiger charge is -2.11. The Morgan fingerprint density at radius 1 is 1.00 bits per heavy atom. The van der Waals surface area contributed by atoms with E-state index in [4.69, 9.17) is 11.6 Å². The van der Waals surface area contributed by atoms with Gasteiger partial charge >= 0.3 is 6.18 Å². The fourth-order valence-electron chi connectivity index (χ4n) is 3.30. The van der Waals surface area contributed by atoms with Gasteiger partial charge in [0.15, 0.2) is 5.69 Å². The van der Waals surface area contributed by atoms with E-state index in [9.17, 15) is 23.1 Å². The first-order valence-electron chi connectivity index (χ1n) is 9.80. The van der Waals surface area contributed by atoms with E-state index in [1.807, 2.05) is 0 Å². The van der Waals surface area contributed by atoms with Crippen LogP contribution in [0.5, 0.6) is 0 Å². The number of hydrogen-bond donors (Lipinski definition) is 2. The quantitative estimate of drug-likeness (QED) is 0.377. The summed E-state index contributed by atoms with van der Waals surface area (Å²) in [6, 6.07) is 20.3. The van der Waals surface area contributed by atoms with Gasteiger partial charge in [0.1, 0.15) is 0 Å². The number of alkyl halides is 3. The molecule has 0 aliphatic heterocycles. The lowest BCUT2D eigenvalue weighted by atomic mass is 10.1. The molecule has 5 nitrogen and oxygen atoms in total. The van der Waals surface area contributed by atoms with Crippen molar-refractivity contribution in [1.82, 2.24) is 9.78 Å². The number of aliphatic hydroxyl groups excluding tert-OH is 1. The summed E-state index contributed by atoms with van der Waals surface area (Å²) in [6.45, 7) is -0.233. The molecule has 2 N–H and O–H groups in total. The number of aromatic nitrogens is 2. The predicted octanol–water partition coefficient (Wildman–Crippen LogP) is 5.96. The van der Waals surface area contributed by atoms with Crippen LogP contribution in [0, 0.1) is 0 Å². The second-order valence-electron chi connectivity index (χ2n) is 7.12. The Balaban J connectivity index is 1.68. The van der Waals surface area contributed by atoms with Gasteiger partial charge in [0, 0.05) is 22.4 Å². The normalized spacial score (nSPS) is 11.4. The monoisotopic (exact) mass is 471 g/mol. The number of amides is 1. The Bertz CT molecular complexity index is 1300. The van der Waals surface area contributed by atoms with E-state index in [-0.39, 0.29) is 17.3 Å². The topological polar surface area (TPSA) is 67.2 Å². The van der Waals surface area contributed by atoms with Gasteiger partial charge in [-0.25, -0.2) is 4.68 Å². The molecule has 1 aromatic heterocycles. The minimum atomic E-state index is -4.64. The molecule has 0 aliphatic carbocycles. The smallest absolute Gasteiger partial charge is 0.392 e. The largest absolute Gasteiger partial charge is 0.435 e. The average Bonchev–Trinajstić information content (AvgIpc) is 3.26. The average molecular weight is 472 g/mol. The van der Waals surface area contributed by atoms with E-state index in [2.05, 4.69) is 10.4 Å². The van der Waals surface area contributed by atoms with Crippen LogP contribution < -0.4 is 5.32 Å². The van der Waals surface area contributed by atoms with Crippen LogP contribution >= 0.6 is 11.6 Å². The van der Waals surface area contributed by atoms with E-state index >= 15 is 0 Å². The minimum absolute atomic E-state index is 0.174. The molecule has 0 saturated carbocycles. The molecular formula is C24H17ClF3N3O2. The highest BCUT2D eigenvalue weighted by atomic mass is 35.5. The van der Waals surface area contributed by atoms with Gasteiger partial charge in [-0.2, -0.15) is 18.3 Å². The zero-order valence-corrected chi connectivity index (χ0v) is 17.7. The van der Waals surface area contributed by atoms with Gasteiger partial charge < -0.3 is 10.4 Å². The molecule has 0 fully saturated rings. The number of nitrogens with zero attached hydrogens (tertiary/aromatic N) is 2. The van der Waals surface area contributed by atoms with E-state index in [0.717, 1.165) is 10.7 Å². The Morgan fingerprint density at radius 2 is 1.67 bits per heavy atom. The molecule has 0 aliphatic rings. The minimum Gasteiger partial charge on any atom is -0.392 e. The van der Waals surface area contributed by atoms with Crippen LogP contribution in [0.2, 0.25) is 5.02 Å². The summed E-state index contributed by atoms with van der Waals surface area (Å²) in [5, 5.41) is 16.1. The van der Waals surface area contributed by atoms with E-state index in [1.54, 1.807) is 48.5 Å². The molecule has 0 radical (unpaired) electrons. The summed E-state index contributed by atoms with van der Waals surface area (Å²) < 4.78 is 41.3. The van der Waals surface area contributed by atoms with Gasteiger partial charge in [-0.1, -0.05) is 54.1 Å². The van der Waals surface area contributed by atoms with Crippen LogP contribution in [-0.2, 0) is 12.8 Å². The molecule has 9 heteroatoms. The second-order valence-corrected chi connectivity index (χ2v) is 7.53. The third-order valence-electron chi connectivity index (χ3n) is 4.96. The molecule has 1 amide bonds. The standard InChI is InChI=1S/C24H17ClF3N3O2/c25-18-6-2-4-8-20(18)31-21(13-22(30-31)24(26,27)28)15-9-11-16(12-10-15)23(33)29-19-7-3-1-5-17(19)14-32/h1-13,32H,14H2,(H,29,33). The highest BCUT2D eigenvalue weighted by Crippen LogP contribution is 2.34. The summed E-state index contributed by atoms with van der Waals surface area (Å²) in [5.74, 6) is -0.418. The van der Waals surface area contributed by atoms with Crippen molar-refractivity contribution in [2.45, 2.75) is 12.8 Å². The van der Waals surface area contributed by atoms with Gasteiger partial charge in [0.05, 0.1) is 23.0 Å². The maximum absolute atomic E-state index is 13.4. The van der Waals surface area contributed by atoms with Crippen LogP contribution in [0.15, 0.2) is 78.9 Å². The first kappa shape index (κ1) is 22.6. The lowest BCUT2D eigenvalue weighted by molar-refractivity contribution is -0.141. The van der Waals surface area contributed by atoms with Gasteiger partial charge in [0.25, 0.3) is 5.91 Å². The molecule has 0 unspecified atom stereocenters. The van der Waals surface area contributed by atoms with Crippen molar-refractivity contribution in [2.75, 3.05) is 5.32 Å². The summed E-state index contributed by atoms with van der Waals surface area (Å²) in [7, 11) is 0. The van der Waals surface area contributed by atoms with Crippen molar-refractivity contribution >= 4 is 23.2 Å². The van der Waals surface area contributed by atoms with E-state index in [1.165, 1.54) is 24.3 Å². The molecule has 0 saturated heterocycles. The summed E-state index contributed by atoms with van der Waals surface area (Å²) in [4.78, 5) is 12.6. The number of carbonyl (C=O) groups is 1. The van der Waals surface area contributed by atoms with Crippen molar-refractivity contribution in [1.29, 1.82) is 0 Å². The zero-order valence-electron chi connectivity index (χ0n) is 17.0. The highest BCUT2D eigenvalue weighted by Gasteiger charge is 2.35. The Hall–Kier alpha value is -3.62. The van der Waals surface area contributed by atoms with Gasteiger partial charge in [-0.05, 0) is 36.4 Å². The molecule has 3 aromatic carbocycles. The number of anilines is 1. The van der Waals surface area contributed by atoms with Crippen molar-refractivity contribution < 1.29 is 23.1 Å². The van der Waals surface area contributed by atoms with Gasteiger partial charge in [-0.15, -0.1) is 0 Å². The number of rotatable bonds is 5. The number of para-hydroxylation sites is 2. The number of halogens is 4. The van der Waals surface area contributed by atoms with Crippen LogP contribution in [-0.4, -0.2) is 20.8 Å². The van der Waals surface area contributed by atoms with Crippen LogP contribution in [0.1, 0.15) is 21.6 Å². The molecular weight excluding hydrogens is 455 g/mol. The van der Waals surface area contributed by atoms with Crippen molar-refractivity contribution in [3.63, 3.8) is 0 Å². The SMILES string of the molecule is O=C(Nc1ccccc1CO)c1ccc(-c2cc(C(F)(F)F)nn2-c2ccccc2Cl)cc1. The summed E-state index contributed by atoms with van der Waals surface area (Å²) in [5.41, 5.74) is 1.17. The van der Waals surface area contributed by atoms with Crippen LogP contribution in [0.25, 0.3) is 16.9 Å². The molecule has 168 valence electrons. The Morgan fingerprint density at radius 3 is 2.33 bits per heavy atom. The van der Waals surface area contributed by atoms with Gasteiger partial charge in [0.2, 0.25) is 0 Å². The molecule has 4 aromatic rings. The number of hydrogen-bond acceptors (Lipinski definition) is 3. The van der Waals surface area contributed by atoms with E-state index < -0.39 is 17.8 Å². The first-order valence-corrected chi connectivity index (χ1v) is 10.2. The number of aliphatic hydroxyl groups is 1. The maximum Gasteiger partial charge on any atom is 0.435 e. The van der Waals surface area contributed by atoms with E-state index in [0.29, 0.717) is 28.1 Å². The zero-order chi connectivity index (χ0) is 23.6. The summed E-state index contributed by atoms with van der Waals surface area (Å²) in [6.07, 6.45) is -4.64. The fourth-order valence-corrected chi connectivity index (χ4v) is 3.52. The first-order chi connectivity index (χ1) is 15.8. The molecule has 4 rings (SSSR count). The molecule has 33 heavy (non-hydrogen) atoms. The van der Waals surface area contributed by atoms with Crippen LogP contribution in [0.3, 0.4) is 0 Å².